The number of carbonyl (C=O) groups is 1. The standard InChI is InChI=1S/C12H13F2NO2/c1-17-7-5-8(13)11(9(14)6-7)12(16)10-3-2-4-15-10/h5-6,10,15H,2-4H2,1H3. The third-order valence-electron chi connectivity index (χ3n) is 2.87. The van der Waals surface area contributed by atoms with Crippen LogP contribution in [0.4, 0.5) is 8.78 Å². The van der Waals surface area contributed by atoms with Crippen molar-refractivity contribution in [2.45, 2.75) is 18.9 Å². The van der Waals surface area contributed by atoms with E-state index in [1.54, 1.807) is 0 Å². The summed E-state index contributed by atoms with van der Waals surface area (Å²) in [6.45, 7) is 0.704. The Kier molecular flexibility index (Phi) is 3.38. The fraction of sp³-hybridized carbons (Fsp3) is 0.417. The van der Waals surface area contributed by atoms with Gasteiger partial charge in [-0.3, -0.25) is 4.79 Å². The minimum atomic E-state index is -0.874. The maximum atomic E-state index is 13.6. The molecule has 1 N–H and O–H groups in total. The van der Waals surface area contributed by atoms with E-state index in [0.717, 1.165) is 18.6 Å². The summed E-state index contributed by atoms with van der Waals surface area (Å²) in [5, 5.41) is 2.92. The Morgan fingerprint density at radius 3 is 2.53 bits per heavy atom. The lowest BCUT2D eigenvalue weighted by atomic mass is 10.0. The average molecular weight is 241 g/mol. The topological polar surface area (TPSA) is 38.3 Å². The normalized spacial score (nSPS) is 19.4. The Morgan fingerprint density at radius 1 is 1.41 bits per heavy atom. The average Bonchev–Trinajstić information content (AvgIpc) is 2.81. The number of nitrogens with one attached hydrogen (secondary N) is 1. The van der Waals surface area contributed by atoms with Gasteiger partial charge in [-0.05, 0) is 19.4 Å². The molecule has 1 heterocycles. The fourth-order valence-electron chi connectivity index (χ4n) is 1.99. The molecule has 0 amide bonds. The molecule has 0 aromatic heterocycles. The Morgan fingerprint density at radius 2 is 2.06 bits per heavy atom. The number of Topliss-reactive ketones (excluding diaryl/α,β-unsaturated/α-hetero) is 1. The number of methoxy groups -OCH3 is 1. The molecule has 5 heteroatoms. The molecule has 3 nitrogen and oxygen atoms in total. The molecule has 1 atom stereocenters. The van der Waals surface area contributed by atoms with Gasteiger partial charge in [-0.2, -0.15) is 0 Å². The molecule has 0 saturated carbocycles. The van der Waals surface area contributed by atoms with Crippen molar-refractivity contribution < 1.29 is 18.3 Å². The first-order valence-electron chi connectivity index (χ1n) is 5.44. The molecule has 0 radical (unpaired) electrons. The highest BCUT2D eigenvalue weighted by Crippen LogP contribution is 2.23. The third-order valence-corrected chi connectivity index (χ3v) is 2.87. The minimum absolute atomic E-state index is 0.0657. The van der Waals surface area contributed by atoms with Gasteiger partial charge in [0, 0.05) is 12.1 Å². The maximum Gasteiger partial charge on any atom is 0.185 e. The molecule has 1 aliphatic heterocycles. The highest BCUT2D eigenvalue weighted by Gasteiger charge is 2.28. The first kappa shape index (κ1) is 12.0. The van der Waals surface area contributed by atoms with Crippen molar-refractivity contribution in [1.29, 1.82) is 0 Å². The van der Waals surface area contributed by atoms with Gasteiger partial charge < -0.3 is 10.1 Å². The zero-order valence-corrected chi connectivity index (χ0v) is 9.43. The van der Waals surface area contributed by atoms with E-state index in [4.69, 9.17) is 4.74 Å². The van der Waals surface area contributed by atoms with Gasteiger partial charge in [0.1, 0.15) is 17.4 Å². The summed E-state index contributed by atoms with van der Waals surface area (Å²) >= 11 is 0. The second kappa shape index (κ2) is 4.79. The van der Waals surface area contributed by atoms with Crippen LogP contribution in [0, 0.1) is 11.6 Å². The lowest BCUT2D eigenvalue weighted by Gasteiger charge is -2.11. The SMILES string of the molecule is COc1cc(F)c(C(=O)C2CCCN2)c(F)c1. The molecular formula is C12H13F2NO2. The van der Waals surface area contributed by atoms with Crippen LogP contribution in [-0.4, -0.2) is 25.5 Å². The lowest BCUT2D eigenvalue weighted by molar-refractivity contribution is 0.0943. The zero-order valence-electron chi connectivity index (χ0n) is 9.43. The number of hydrogen-bond acceptors (Lipinski definition) is 3. The summed E-state index contributed by atoms with van der Waals surface area (Å²) < 4.78 is 32.0. The van der Waals surface area contributed by atoms with Crippen LogP contribution in [-0.2, 0) is 0 Å². The second-order valence-electron chi connectivity index (χ2n) is 3.98. The molecule has 0 aliphatic carbocycles. The smallest absolute Gasteiger partial charge is 0.185 e. The number of benzene rings is 1. The largest absolute Gasteiger partial charge is 0.497 e. The first-order valence-corrected chi connectivity index (χ1v) is 5.44. The van der Waals surface area contributed by atoms with Crippen LogP contribution in [0.1, 0.15) is 23.2 Å². The van der Waals surface area contributed by atoms with Gasteiger partial charge in [-0.15, -0.1) is 0 Å². The van der Waals surface area contributed by atoms with Crippen molar-refractivity contribution in [1.82, 2.24) is 5.32 Å². The molecule has 17 heavy (non-hydrogen) atoms. The molecule has 0 spiro atoms. The quantitative estimate of drug-likeness (QED) is 0.821. The Bertz CT molecular complexity index is 419. The van der Waals surface area contributed by atoms with Gasteiger partial charge in [-0.25, -0.2) is 8.78 Å². The summed E-state index contributed by atoms with van der Waals surface area (Å²) in [5.41, 5.74) is -0.481. The molecule has 1 aromatic rings. The Labute approximate surface area is 97.8 Å². The van der Waals surface area contributed by atoms with E-state index in [9.17, 15) is 13.6 Å². The number of ether oxygens (including phenoxy) is 1. The molecule has 1 saturated heterocycles. The van der Waals surface area contributed by atoms with Crippen LogP contribution in [0.2, 0.25) is 0 Å². The van der Waals surface area contributed by atoms with Crippen LogP contribution in [0.15, 0.2) is 12.1 Å². The molecule has 1 fully saturated rings. The number of hydrogen-bond donors (Lipinski definition) is 1. The van der Waals surface area contributed by atoms with Crippen LogP contribution in [0.5, 0.6) is 5.75 Å². The highest BCUT2D eigenvalue weighted by atomic mass is 19.1. The minimum Gasteiger partial charge on any atom is -0.497 e. The van der Waals surface area contributed by atoms with Crippen LogP contribution in [0.3, 0.4) is 0 Å². The van der Waals surface area contributed by atoms with Gasteiger partial charge in [0.15, 0.2) is 5.78 Å². The summed E-state index contributed by atoms with van der Waals surface area (Å²) in [5.74, 6) is -2.21. The van der Waals surface area contributed by atoms with Crippen LogP contribution in [0.25, 0.3) is 0 Å². The van der Waals surface area contributed by atoms with Crippen molar-refractivity contribution in [3.8, 4) is 5.75 Å². The number of halogens is 2. The van der Waals surface area contributed by atoms with Gasteiger partial charge >= 0.3 is 0 Å². The Balaban J connectivity index is 2.34. The molecule has 1 aromatic carbocycles. The fourth-order valence-corrected chi connectivity index (χ4v) is 1.99. The Hall–Kier alpha value is -1.49. The van der Waals surface area contributed by atoms with Crippen molar-refractivity contribution in [2.75, 3.05) is 13.7 Å². The summed E-state index contributed by atoms with van der Waals surface area (Å²) in [6, 6.07) is 1.56. The maximum absolute atomic E-state index is 13.6. The van der Waals surface area contributed by atoms with Gasteiger partial charge in [0.2, 0.25) is 0 Å². The van der Waals surface area contributed by atoms with E-state index in [0.29, 0.717) is 13.0 Å². The van der Waals surface area contributed by atoms with Crippen LogP contribution >= 0.6 is 0 Å². The van der Waals surface area contributed by atoms with Gasteiger partial charge in [0.25, 0.3) is 0 Å². The monoisotopic (exact) mass is 241 g/mol. The van der Waals surface area contributed by atoms with E-state index in [1.165, 1.54) is 7.11 Å². The number of carbonyl (C=O) groups excluding carboxylic acids is 1. The molecular weight excluding hydrogens is 228 g/mol. The van der Waals surface area contributed by atoms with Crippen molar-refractivity contribution >= 4 is 5.78 Å². The van der Waals surface area contributed by atoms with E-state index >= 15 is 0 Å². The zero-order chi connectivity index (χ0) is 12.4. The van der Waals surface area contributed by atoms with E-state index in [-0.39, 0.29) is 5.75 Å². The second-order valence-corrected chi connectivity index (χ2v) is 3.98. The predicted octanol–water partition coefficient (Wildman–Crippen LogP) is 1.91. The van der Waals surface area contributed by atoms with Crippen LogP contribution < -0.4 is 10.1 Å². The molecule has 92 valence electrons. The summed E-state index contributed by atoms with van der Waals surface area (Å²) in [4.78, 5) is 11.9. The summed E-state index contributed by atoms with van der Waals surface area (Å²) in [7, 11) is 1.31. The lowest BCUT2D eigenvalue weighted by Crippen LogP contribution is -2.32. The highest BCUT2D eigenvalue weighted by molar-refractivity contribution is 6.00. The molecule has 1 aliphatic rings. The van der Waals surface area contributed by atoms with Crippen molar-refractivity contribution in [2.24, 2.45) is 0 Å². The first-order chi connectivity index (χ1) is 8.13. The van der Waals surface area contributed by atoms with Gasteiger partial charge in [-0.1, -0.05) is 0 Å². The predicted molar refractivity (Wildman–Crippen MR) is 58.3 cm³/mol. The molecule has 0 bridgehead atoms. The van der Waals surface area contributed by atoms with E-state index in [1.807, 2.05) is 0 Å². The van der Waals surface area contributed by atoms with Crippen molar-refractivity contribution in [3.63, 3.8) is 0 Å². The van der Waals surface area contributed by atoms with E-state index < -0.39 is 29.0 Å². The van der Waals surface area contributed by atoms with Crippen molar-refractivity contribution in [3.05, 3.63) is 29.3 Å². The molecule has 1 unspecified atom stereocenters. The summed E-state index contributed by atoms with van der Waals surface area (Å²) in [6.07, 6.45) is 1.46. The number of rotatable bonds is 3. The molecule has 2 rings (SSSR count). The van der Waals surface area contributed by atoms with E-state index in [2.05, 4.69) is 5.32 Å². The third kappa shape index (κ3) is 2.29. The van der Waals surface area contributed by atoms with Gasteiger partial charge in [0.05, 0.1) is 18.7 Å². The number of ketones is 1.